The maximum atomic E-state index is 13.0. The molecule has 0 radical (unpaired) electrons. The molecular formula is C77H144O6. The predicted molar refractivity (Wildman–Crippen MR) is 362 cm³/mol. The van der Waals surface area contributed by atoms with Gasteiger partial charge in [-0.3, -0.25) is 14.4 Å². The van der Waals surface area contributed by atoms with E-state index < -0.39 is 6.10 Å². The molecule has 0 aliphatic heterocycles. The maximum Gasteiger partial charge on any atom is 0.306 e. The highest BCUT2D eigenvalue weighted by molar-refractivity contribution is 5.71. The molecule has 1 unspecified atom stereocenters. The summed E-state index contributed by atoms with van der Waals surface area (Å²) in [7, 11) is 0. The number of allylic oxidation sites excluding steroid dienone is 6. The van der Waals surface area contributed by atoms with E-state index in [0.29, 0.717) is 19.3 Å². The van der Waals surface area contributed by atoms with Crippen molar-refractivity contribution in [1.82, 2.24) is 0 Å². The van der Waals surface area contributed by atoms with Crippen molar-refractivity contribution in [3.05, 3.63) is 36.5 Å². The Morgan fingerprint density at radius 2 is 0.398 bits per heavy atom. The van der Waals surface area contributed by atoms with E-state index >= 15 is 0 Å². The lowest BCUT2D eigenvalue weighted by atomic mass is 10.0. The summed E-state index contributed by atoms with van der Waals surface area (Å²) in [5.41, 5.74) is 0. The number of rotatable bonds is 70. The average molecular weight is 1170 g/mol. The quantitative estimate of drug-likeness (QED) is 0.0261. The summed E-state index contributed by atoms with van der Waals surface area (Å²) in [6.45, 7) is 6.70. The van der Waals surface area contributed by atoms with Gasteiger partial charge >= 0.3 is 17.9 Å². The van der Waals surface area contributed by atoms with Crippen molar-refractivity contribution in [2.24, 2.45) is 0 Å². The average Bonchev–Trinajstić information content (AvgIpc) is 3.49. The van der Waals surface area contributed by atoms with E-state index in [1.165, 1.54) is 315 Å². The van der Waals surface area contributed by atoms with Crippen LogP contribution in [0.4, 0.5) is 0 Å². The molecule has 83 heavy (non-hydrogen) atoms. The molecule has 1 atom stereocenters. The molecule has 6 nitrogen and oxygen atoms in total. The largest absolute Gasteiger partial charge is 0.462 e. The van der Waals surface area contributed by atoms with Crippen LogP contribution >= 0.6 is 0 Å². The van der Waals surface area contributed by atoms with Gasteiger partial charge in [0.25, 0.3) is 0 Å². The Morgan fingerprint density at radius 1 is 0.229 bits per heavy atom. The van der Waals surface area contributed by atoms with Crippen LogP contribution in [-0.4, -0.2) is 37.2 Å². The van der Waals surface area contributed by atoms with Crippen LogP contribution in [0.5, 0.6) is 0 Å². The van der Waals surface area contributed by atoms with Crippen molar-refractivity contribution in [3.8, 4) is 0 Å². The summed E-state index contributed by atoms with van der Waals surface area (Å²) in [5, 5.41) is 0. The Labute approximate surface area is 518 Å². The van der Waals surface area contributed by atoms with Crippen molar-refractivity contribution >= 4 is 17.9 Å². The van der Waals surface area contributed by atoms with Crippen molar-refractivity contribution in [2.45, 2.75) is 425 Å². The second kappa shape index (κ2) is 72.1. The molecule has 0 bridgehead atoms. The predicted octanol–water partition coefficient (Wildman–Crippen LogP) is 25.9. The Kier molecular flexibility index (Phi) is 70.0. The van der Waals surface area contributed by atoms with Crippen molar-refractivity contribution in [1.29, 1.82) is 0 Å². The van der Waals surface area contributed by atoms with Crippen LogP contribution < -0.4 is 0 Å². The zero-order chi connectivity index (χ0) is 59.9. The molecule has 0 heterocycles. The molecule has 488 valence electrons. The second-order valence-electron chi connectivity index (χ2n) is 25.6. The fourth-order valence-electron chi connectivity index (χ4n) is 11.4. The van der Waals surface area contributed by atoms with E-state index in [2.05, 4.69) is 57.2 Å². The highest BCUT2D eigenvalue weighted by Gasteiger charge is 2.20. The minimum absolute atomic E-state index is 0.0708. The van der Waals surface area contributed by atoms with Gasteiger partial charge < -0.3 is 14.2 Å². The van der Waals surface area contributed by atoms with E-state index in [1.807, 2.05) is 0 Å². The van der Waals surface area contributed by atoms with E-state index in [1.54, 1.807) is 0 Å². The summed E-state index contributed by atoms with van der Waals surface area (Å²) in [4.78, 5) is 38.5. The number of carbonyl (C=O) groups is 3. The number of hydrogen-bond donors (Lipinski definition) is 0. The van der Waals surface area contributed by atoms with Crippen LogP contribution in [0.1, 0.15) is 419 Å². The number of hydrogen-bond acceptors (Lipinski definition) is 6. The number of carbonyl (C=O) groups excluding carboxylic acids is 3. The van der Waals surface area contributed by atoms with Gasteiger partial charge in [0, 0.05) is 19.3 Å². The lowest BCUT2D eigenvalue weighted by Gasteiger charge is -2.18. The minimum atomic E-state index is -0.776. The van der Waals surface area contributed by atoms with Crippen molar-refractivity contribution in [2.75, 3.05) is 13.2 Å². The summed E-state index contributed by atoms with van der Waals surface area (Å²) >= 11 is 0. The normalized spacial score (nSPS) is 12.2. The van der Waals surface area contributed by atoms with Gasteiger partial charge in [0.2, 0.25) is 0 Å². The van der Waals surface area contributed by atoms with Gasteiger partial charge in [-0.05, 0) is 96.3 Å². The third kappa shape index (κ3) is 70.3. The summed E-state index contributed by atoms with van der Waals surface area (Å²) in [6, 6.07) is 0. The Bertz CT molecular complexity index is 1380. The highest BCUT2D eigenvalue weighted by Crippen LogP contribution is 2.19. The fourth-order valence-corrected chi connectivity index (χ4v) is 11.4. The lowest BCUT2D eigenvalue weighted by molar-refractivity contribution is -0.167. The van der Waals surface area contributed by atoms with E-state index in [0.717, 1.165) is 64.2 Å². The van der Waals surface area contributed by atoms with Crippen LogP contribution in [0.2, 0.25) is 0 Å². The number of ether oxygens (including phenoxy) is 3. The lowest BCUT2D eigenvalue weighted by Crippen LogP contribution is -2.30. The molecule has 0 saturated heterocycles. The SMILES string of the molecule is CCCCCCCC/C=C\CCCCCCCC(=O)OCC(COC(=O)CCCCCCCCCCCCCCCCCCC/C=C\CCCCCCCCCC)OC(=O)CCCCCCCCCCC/C=C\CCCCCCCCCC. The first-order chi connectivity index (χ1) is 41.0. The molecule has 0 spiro atoms. The Balaban J connectivity index is 4.22. The van der Waals surface area contributed by atoms with Crippen LogP contribution in [0.3, 0.4) is 0 Å². The Morgan fingerprint density at radius 3 is 0.602 bits per heavy atom. The van der Waals surface area contributed by atoms with Gasteiger partial charge in [0.05, 0.1) is 0 Å². The smallest absolute Gasteiger partial charge is 0.306 e. The first-order valence-electron chi connectivity index (χ1n) is 37.5. The summed E-state index contributed by atoms with van der Waals surface area (Å²) in [5.74, 6) is -0.851. The Hall–Kier alpha value is -2.37. The maximum absolute atomic E-state index is 13.0. The minimum Gasteiger partial charge on any atom is -0.462 e. The number of esters is 3. The van der Waals surface area contributed by atoms with Crippen molar-refractivity contribution < 1.29 is 28.6 Å². The van der Waals surface area contributed by atoms with Crippen LogP contribution in [0.25, 0.3) is 0 Å². The van der Waals surface area contributed by atoms with Gasteiger partial charge in [0.1, 0.15) is 13.2 Å². The second-order valence-corrected chi connectivity index (χ2v) is 25.6. The van der Waals surface area contributed by atoms with Gasteiger partial charge in [-0.15, -0.1) is 0 Å². The van der Waals surface area contributed by atoms with E-state index in [4.69, 9.17) is 14.2 Å². The topological polar surface area (TPSA) is 78.9 Å². The molecule has 0 saturated carbocycles. The molecule has 0 rings (SSSR count). The molecule has 0 N–H and O–H groups in total. The van der Waals surface area contributed by atoms with Crippen LogP contribution in [0.15, 0.2) is 36.5 Å². The molecular weight excluding hydrogens is 1020 g/mol. The molecule has 0 aliphatic rings. The first-order valence-corrected chi connectivity index (χ1v) is 37.5. The van der Waals surface area contributed by atoms with E-state index in [9.17, 15) is 14.4 Å². The summed E-state index contributed by atoms with van der Waals surface area (Å²) < 4.78 is 17.0. The van der Waals surface area contributed by atoms with Crippen molar-refractivity contribution in [3.63, 3.8) is 0 Å². The molecule has 0 aromatic carbocycles. The molecule has 0 amide bonds. The molecule has 0 fully saturated rings. The molecule has 0 aromatic rings. The molecule has 0 aliphatic carbocycles. The van der Waals surface area contributed by atoms with Crippen LogP contribution in [0, 0.1) is 0 Å². The van der Waals surface area contributed by atoms with Gasteiger partial charge in [-0.1, -0.05) is 340 Å². The number of unbranched alkanes of at least 4 members (excludes halogenated alkanes) is 53. The zero-order valence-corrected chi connectivity index (χ0v) is 56.2. The van der Waals surface area contributed by atoms with Crippen LogP contribution in [-0.2, 0) is 28.6 Å². The third-order valence-corrected chi connectivity index (χ3v) is 17.1. The fraction of sp³-hybridized carbons (Fsp3) is 0.883. The monoisotopic (exact) mass is 1170 g/mol. The first kappa shape index (κ1) is 80.6. The summed E-state index contributed by atoms with van der Waals surface area (Å²) in [6.07, 6.45) is 90.5. The highest BCUT2D eigenvalue weighted by atomic mass is 16.6. The van der Waals surface area contributed by atoms with E-state index in [-0.39, 0.29) is 31.1 Å². The van der Waals surface area contributed by atoms with Gasteiger partial charge in [0.15, 0.2) is 6.10 Å². The van der Waals surface area contributed by atoms with Gasteiger partial charge in [-0.25, -0.2) is 0 Å². The standard InChI is InChI=1S/C77H144O6/c1-4-7-10-13-16-19-22-25-28-30-32-34-35-36-37-38-39-40-41-43-44-46-49-52-55-58-61-64-67-70-76(79)82-73-74(72-81-75(78)69-66-63-60-57-54-51-48-27-24-21-18-15-12-9-6-3)83-77(80)71-68-65-62-59-56-53-50-47-45-42-33-31-29-26-23-20-17-14-11-8-5-2/h27,30-33,48,74H,4-26,28-29,34-47,49-73H2,1-3H3/b32-30-,33-31-,48-27-. The van der Waals surface area contributed by atoms with Gasteiger partial charge in [-0.2, -0.15) is 0 Å². The molecule has 6 heteroatoms. The third-order valence-electron chi connectivity index (χ3n) is 17.1. The molecule has 0 aromatic heterocycles. The zero-order valence-electron chi connectivity index (χ0n) is 56.2.